The van der Waals surface area contributed by atoms with Crippen molar-refractivity contribution < 1.29 is 37.7 Å². The summed E-state index contributed by atoms with van der Waals surface area (Å²) in [5, 5.41) is 16.4. The highest BCUT2D eigenvalue weighted by Crippen LogP contribution is 2.40. The normalized spacial score (nSPS) is 18.2. The summed E-state index contributed by atoms with van der Waals surface area (Å²) in [6.45, 7) is 5.05. The number of likely N-dealkylation sites (N-methyl/N-ethyl adjacent to an activating group) is 2. The van der Waals surface area contributed by atoms with E-state index in [2.05, 4.69) is 51.2 Å². The van der Waals surface area contributed by atoms with E-state index in [4.69, 9.17) is 23.9 Å². The standard InChI is InChI=1S/C48H65FN16O7/c1-8-36-46(68)63(5)37-25-51-47(57-42(37)65(36)31-12-9-10-13-31)55-33-16-15-30(24-38(33)69-6)44(67)50-17-20-71-22-23-72-21-19-60(2)18-11-14-39(66)53-34-28-64(26-32(34)49)48-56-41(40-43(58-48)61(3)29-52-40)54-35-27-62(4)59-45(35)70-7/h11,14-16,24-25,27,29,31-32,34,36H,8-10,12-13,17-23,26,28H2,1-7H3,(H,50,67)(H,53,66)(H,51,55,57)(H,54,56,58)/b14-11+/t32-,34-,36-/m1/s1. The Hall–Kier alpha value is -7.18. The summed E-state index contributed by atoms with van der Waals surface area (Å²) in [5.41, 5.74) is 3.35. The first-order valence-electron chi connectivity index (χ1n) is 24.3. The molecule has 3 atom stereocenters. The van der Waals surface area contributed by atoms with Crippen molar-refractivity contribution in [3.8, 4) is 11.6 Å². The van der Waals surface area contributed by atoms with Crippen LogP contribution >= 0.6 is 0 Å². The van der Waals surface area contributed by atoms with Crippen molar-refractivity contribution >= 4 is 69.5 Å². The van der Waals surface area contributed by atoms with E-state index < -0.39 is 18.1 Å². The van der Waals surface area contributed by atoms with E-state index in [1.165, 1.54) is 20.3 Å². The van der Waals surface area contributed by atoms with E-state index >= 15 is 4.39 Å². The van der Waals surface area contributed by atoms with Crippen LogP contribution in [-0.4, -0.2) is 174 Å². The second-order valence-corrected chi connectivity index (χ2v) is 18.0. The molecular weight excluding hydrogens is 932 g/mol. The molecule has 24 heteroatoms. The van der Waals surface area contributed by atoms with Crippen LogP contribution in [-0.2, 0) is 33.2 Å². The highest BCUT2D eigenvalue weighted by molar-refractivity contribution is 6.04. The zero-order valence-electron chi connectivity index (χ0n) is 41.9. The molecule has 2 fully saturated rings. The zero-order valence-corrected chi connectivity index (χ0v) is 41.9. The summed E-state index contributed by atoms with van der Waals surface area (Å²) in [6.07, 6.45) is 11.8. The van der Waals surface area contributed by atoms with Crippen molar-refractivity contribution in [3.05, 3.63) is 54.6 Å². The van der Waals surface area contributed by atoms with Crippen LogP contribution in [0.15, 0.2) is 49.1 Å². The van der Waals surface area contributed by atoms with Gasteiger partial charge >= 0.3 is 0 Å². The number of hydrogen-bond acceptors (Lipinski definition) is 18. The molecule has 4 aromatic heterocycles. The van der Waals surface area contributed by atoms with Crippen LogP contribution in [0.5, 0.6) is 11.6 Å². The molecule has 1 saturated carbocycles. The van der Waals surface area contributed by atoms with Gasteiger partial charge in [-0.05, 0) is 44.5 Å². The molecule has 3 aliphatic rings. The van der Waals surface area contributed by atoms with E-state index in [9.17, 15) is 14.4 Å². The number of benzene rings is 1. The lowest BCUT2D eigenvalue weighted by Gasteiger charge is -2.43. The Balaban J connectivity index is 0.710. The van der Waals surface area contributed by atoms with Gasteiger partial charge in [-0.2, -0.15) is 15.0 Å². The van der Waals surface area contributed by atoms with Gasteiger partial charge in [0.25, 0.3) is 11.8 Å². The number of amides is 3. The van der Waals surface area contributed by atoms with E-state index in [1.54, 1.807) is 76.1 Å². The molecule has 386 valence electrons. The first kappa shape index (κ1) is 51.2. The maximum absolute atomic E-state index is 15.3. The Bertz CT molecular complexity index is 2730. The van der Waals surface area contributed by atoms with Gasteiger partial charge in [0, 0.05) is 65.0 Å². The van der Waals surface area contributed by atoms with Crippen LogP contribution in [0.3, 0.4) is 0 Å². The lowest BCUT2D eigenvalue weighted by Crippen LogP contribution is -2.55. The quantitative estimate of drug-likeness (QED) is 0.0542. The number of imidazole rings is 1. The molecule has 2 aliphatic heterocycles. The van der Waals surface area contributed by atoms with Crippen molar-refractivity contribution in [3.63, 3.8) is 0 Å². The molecule has 3 amide bonds. The molecule has 0 bridgehead atoms. The number of carbonyl (C=O) groups excluding carboxylic acids is 3. The summed E-state index contributed by atoms with van der Waals surface area (Å²) >= 11 is 0. The summed E-state index contributed by atoms with van der Waals surface area (Å²) < 4.78 is 41.1. The Labute approximate surface area is 417 Å². The number of aromatic nitrogens is 8. The van der Waals surface area contributed by atoms with Gasteiger partial charge < -0.3 is 64.4 Å². The number of ether oxygens (including phenoxy) is 4. The third kappa shape index (κ3) is 11.8. The molecule has 6 heterocycles. The fourth-order valence-electron chi connectivity index (χ4n) is 9.16. The first-order valence-corrected chi connectivity index (χ1v) is 24.3. The average Bonchev–Trinajstić information content (AvgIpc) is 4.20. The van der Waals surface area contributed by atoms with Crippen LogP contribution in [0.1, 0.15) is 49.4 Å². The van der Waals surface area contributed by atoms with Crippen molar-refractivity contribution in [2.45, 2.75) is 63.3 Å². The van der Waals surface area contributed by atoms with Crippen LogP contribution in [0, 0.1) is 0 Å². The molecule has 23 nitrogen and oxygen atoms in total. The number of methoxy groups -OCH3 is 2. The number of anilines is 7. The van der Waals surface area contributed by atoms with Crippen molar-refractivity contribution in [1.29, 1.82) is 0 Å². The van der Waals surface area contributed by atoms with Gasteiger partial charge in [0.1, 0.15) is 29.3 Å². The van der Waals surface area contributed by atoms with Crippen LogP contribution < -0.4 is 45.4 Å². The Morgan fingerprint density at radius 2 is 1.75 bits per heavy atom. The van der Waals surface area contributed by atoms with Gasteiger partial charge in [-0.25, -0.2) is 14.4 Å². The van der Waals surface area contributed by atoms with Crippen LogP contribution in [0.4, 0.5) is 45.0 Å². The zero-order chi connectivity index (χ0) is 50.9. The highest BCUT2D eigenvalue weighted by atomic mass is 19.1. The molecule has 5 aromatic rings. The minimum atomic E-state index is -1.34. The van der Waals surface area contributed by atoms with E-state index in [0.29, 0.717) is 116 Å². The number of rotatable bonds is 23. The molecule has 0 spiro atoms. The van der Waals surface area contributed by atoms with Crippen molar-refractivity contribution in [2.75, 3.05) is 113 Å². The van der Waals surface area contributed by atoms with E-state index in [1.807, 2.05) is 25.9 Å². The highest BCUT2D eigenvalue weighted by Gasteiger charge is 2.41. The lowest BCUT2D eigenvalue weighted by atomic mass is 10.0. The molecule has 1 aromatic carbocycles. The fraction of sp³-hybridized carbons (Fsp3) is 0.521. The van der Waals surface area contributed by atoms with Gasteiger partial charge in [-0.3, -0.25) is 19.1 Å². The molecule has 1 aliphatic carbocycles. The number of halogens is 1. The van der Waals surface area contributed by atoms with Crippen LogP contribution in [0.25, 0.3) is 11.2 Å². The lowest BCUT2D eigenvalue weighted by molar-refractivity contribution is -0.120. The monoisotopic (exact) mass is 997 g/mol. The topological polar surface area (TPSA) is 236 Å². The Morgan fingerprint density at radius 1 is 0.958 bits per heavy atom. The maximum atomic E-state index is 15.3. The van der Waals surface area contributed by atoms with Crippen molar-refractivity contribution in [1.82, 2.24) is 54.8 Å². The third-order valence-corrected chi connectivity index (χ3v) is 13.0. The second-order valence-electron chi connectivity index (χ2n) is 18.0. The number of fused-ring (bicyclic) bond motifs is 2. The average molecular weight is 997 g/mol. The summed E-state index contributed by atoms with van der Waals surface area (Å²) in [7, 11) is 10.3. The molecule has 4 N–H and O–H groups in total. The number of aryl methyl sites for hydroxylation is 2. The number of hydrogen-bond donors (Lipinski definition) is 4. The largest absolute Gasteiger partial charge is 0.495 e. The Kier molecular flexibility index (Phi) is 16.6. The van der Waals surface area contributed by atoms with Crippen LogP contribution in [0.2, 0.25) is 0 Å². The summed E-state index contributed by atoms with van der Waals surface area (Å²) in [6, 6.07) is 4.31. The Morgan fingerprint density at radius 3 is 2.51 bits per heavy atom. The molecule has 0 radical (unpaired) electrons. The minimum Gasteiger partial charge on any atom is -0.495 e. The van der Waals surface area contributed by atoms with Gasteiger partial charge in [-0.15, -0.1) is 5.10 Å². The number of alkyl halides is 1. The molecule has 0 unspecified atom stereocenters. The van der Waals surface area contributed by atoms with E-state index in [-0.39, 0.29) is 37.0 Å². The van der Waals surface area contributed by atoms with Gasteiger partial charge in [0.15, 0.2) is 22.8 Å². The number of nitrogens with zero attached hydrogens (tertiary/aromatic N) is 12. The first-order chi connectivity index (χ1) is 34.8. The predicted molar refractivity (Wildman–Crippen MR) is 270 cm³/mol. The smallest absolute Gasteiger partial charge is 0.256 e. The minimum absolute atomic E-state index is 0.00139. The van der Waals surface area contributed by atoms with Gasteiger partial charge in [0.05, 0.1) is 77.6 Å². The van der Waals surface area contributed by atoms with E-state index in [0.717, 1.165) is 31.5 Å². The summed E-state index contributed by atoms with van der Waals surface area (Å²) in [4.78, 5) is 69.9. The third-order valence-electron chi connectivity index (χ3n) is 13.0. The molecule has 8 rings (SSSR count). The summed E-state index contributed by atoms with van der Waals surface area (Å²) in [5.74, 6) is 2.01. The van der Waals surface area contributed by atoms with Gasteiger partial charge in [0.2, 0.25) is 23.7 Å². The second kappa shape index (κ2) is 23.4. The fourth-order valence-corrected chi connectivity index (χ4v) is 9.16. The number of nitrogens with one attached hydrogen (secondary N) is 4. The maximum Gasteiger partial charge on any atom is 0.256 e. The molecule has 72 heavy (non-hydrogen) atoms. The van der Waals surface area contributed by atoms with Gasteiger partial charge in [-0.1, -0.05) is 25.8 Å². The SMILES string of the molecule is CC[C@@H]1C(=O)N(C)c2cnc(Nc3ccc(C(=O)NCCOCCOCCN(C)C/C=C/C(=O)N[C@@H]4CN(c5nc(Nc6cn(C)nc6OC)c6ncn(C)c6n5)C[C@H]4F)cc3OC)nc2N1C1CCCC1. The predicted octanol–water partition coefficient (Wildman–Crippen LogP) is 3.49. The molecule has 1 saturated heterocycles. The molecular formula is C48H65FN16O7. The number of carbonyl (C=O) groups is 3. The van der Waals surface area contributed by atoms with Crippen molar-refractivity contribution in [2.24, 2.45) is 14.1 Å².